The Balaban J connectivity index is 2.21. The molecule has 1 unspecified atom stereocenters. The summed E-state index contributed by atoms with van der Waals surface area (Å²) in [4.78, 5) is 0. The highest BCUT2D eigenvalue weighted by Gasteiger charge is 2.16. The average molecular weight is 257 g/mol. The van der Waals surface area contributed by atoms with Crippen molar-refractivity contribution in [2.24, 2.45) is 0 Å². The van der Waals surface area contributed by atoms with Crippen LogP contribution in [-0.4, -0.2) is 0 Å². The summed E-state index contributed by atoms with van der Waals surface area (Å²) in [6.07, 6.45) is 1.60. The Morgan fingerprint density at radius 1 is 1.29 bits per heavy atom. The molecule has 0 N–H and O–H groups in total. The highest BCUT2D eigenvalue weighted by molar-refractivity contribution is 6.20. The lowest BCUT2D eigenvalue weighted by molar-refractivity contribution is 0.529. The molecule has 0 aliphatic heterocycles. The third-order valence-electron chi connectivity index (χ3n) is 2.56. The smallest absolute Gasteiger partial charge is 0.129 e. The van der Waals surface area contributed by atoms with Crippen molar-refractivity contribution in [1.82, 2.24) is 0 Å². The fourth-order valence-corrected chi connectivity index (χ4v) is 1.92. The summed E-state index contributed by atoms with van der Waals surface area (Å²) in [6.45, 7) is 1.79. The molecule has 0 radical (unpaired) electrons. The molecule has 0 fully saturated rings. The van der Waals surface area contributed by atoms with Gasteiger partial charge in [-0.25, -0.2) is 8.78 Å². The SMILES string of the molecule is Cc1cc(C(Cl)Cc2c(F)cccc2F)co1. The largest absolute Gasteiger partial charge is 0.469 e. The summed E-state index contributed by atoms with van der Waals surface area (Å²) >= 11 is 6.10. The second kappa shape index (κ2) is 4.88. The van der Waals surface area contributed by atoms with Gasteiger partial charge in [0.2, 0.25) is 0 Å². The molecule has 0 spiro atoms. The third kappa shape index (κ3) is 2.67. The van der Waals surface area contributed by atoms with E-state index in [0.29, 0.717) is 0 Å². The van der Waals surface area contributed by atoms with E-state index in [-0.39, 0.29) is 12.0 Å². The first-order valence-electron chi connectivity index (χ1n) is 5.20. The van der Waals surface area contributed by atoms with Crippen LogP contribution in [0, 0.1) is 18.6 Å². The summed E-state index contributed by atoms with van der Waals surface area (Å²) in [5.41, 5.74) is 0.734. The molecule has 2 rings (SSSR count). The lowest BCUT2D eigenvalue weighted by Crippen LogP contribution is -2.00. The highest BCUT2D eigenvalue weighted by atomic mass is 35.5. The molecule has 1 heterocycles. The van der Waals surface area contributed by atoms with Crippen molar-refractivity contribution in [2.45, 2.75) is 18.7 Å². The van der Waals surface area contributed by atoms with Gasteiger partial charge in [0.25, 0.3) is 0 Å². The van der Waals surface area contributed by atoms with Crippen LogP contribution in [0.25, 0.3) is 0 Å². The molecule has 0 bridgehead atoms. The molecule has 0 amide bonds. The Morgan fingerprint density at radius 3 is 2.47 bits per heavy atom. The van der Waals surface area contributed by atoms with Gasteiger partial charge in [-0.2, -0.15) is 0 Å². The fourth-order valence-electron chi connectivity index (χ4n) is 1.65. The monoisotopic (exact) mass is 256 g/mol. The van der Waals surface area contributed by atoms with Crippen molar-refractivity contribution in [3.63, 3.8) is 0 Å². The second-order valence-electron chi connectivity index (χ2n) is 3.86. The van der Waals surface area contributed by atoms with E-state index in [1.165, 1.54) is 24.5 Å². The third-order valence-corrected chi connectivity index (χ3v) is 2.96. The summed E-state index contributed by atoms with van der Waals surface area (Å²) < 4.78 is 31.9. The Bertz CT molecular complexity index is 502. The minimum Gasteiger partial charge on any atom is -0.469 e. The molecule has 90 valence electrons. The van der Waals surface area contributed by atoms with Crippen LogP contribution in [0.2, 0.25) is 0 Å². The molecule has 17 heavy (non-hydrogen) atoms. The minimum absolute atomic E-state index is 0.00588. The number of benzene rings is 1. The van der Waals surface area contributed by atoms with E-state index in [2.05, 4.69) is 0 Å². The van der Waals surface area contributed by atoms with E-state index in [0.717, 1.165) is 11.3 Å². The number of rotatable bonds is 3. The normalized spacial score (nSPS) is 12.7. The maximum atomic E-state index is 13.4. The van der Waals surface area contributed by atoms with Crippen LogP contribution in [0.15, 0.2) is 34.9 Å². The van der Waals surface area contributed by atoms with Gasteiger partial charge >= 0.3 is 0 Å². The highest BCUT2D eigenvalue weighted by Crippen LogP contribution is 2.28. The zero-order chi connectivity index (χ0) is 12.4. The van der Waals surface area contributed by atoms with Crippen LogP contribution in [0.5, 0.6) is 0 Å². The zero-order valence-corrected chi connectivity index (χ0v) is 9.97. The average Bonchev–Trinajstić information content (AvgIpc) is 2.70. The molecule has 0 aliphatic carbocycles. The minimum atomic E-state index is -0.573. The number of hydrogen-bond donors (Lipinski definition) is 0. The first-order valence-corrected chi connectivity index (χ1v) is 5.63. The van der Waals surface area contributed by atoms with Gasteiger partial charge in [-0.1, -0.05) is 6.07 Å². The van der Waals surface area contributed by atoms with E-state index in [1.807, 2.05) is 0 Å². The molecule has 0 aliphatic rings. The molecule has 1 aromatic carbocycles. The standard InChI is InChI=1S/C13H11ClF2O/c1-8-5-9(7-17-8)11(14)6-10-12(15)3-2-4-13(10)16/h2-5,7,11H,6H2,1H3. The van der Waals surface area contributed by atoms with E-state index in [9.17, 15) is 8.78 Å². The van der Waals surface area contributed by atoms with Gasteiger partial charge in [0.15, 0.2) is 0 Å². The van der Waals surface area contributed by atoms with Crippen LogP contribution < -0.4 is 0 Å². The molecule has 2 aromatic rings. The van der Waals surface area contributed by atoms with Crippen molar-refractivity contribution < 1.29 is 13.2 Å². The van der Waals surface area contributed by atoms with Gasteiger partial charge in [-0.05, 0) is 31.5 Å². The first kappa shape index (κ1) is 12.1. The van der Waals surface area contributed by atoms with E-state index in [1.54, 1.807) is 13.0 Å². The predicted molar refractivity (Wildman–Crippen MR) is 62.1 cm³/mol. The first-order chi connectivity index (χ1) is 8.08. The summed E-state index contributed by atoms with van der Waals surface area (Å²) in [5, 5.41) is -0.501. The van der Waals surface area contributed by atoms with Crippen molar-refractivity contribution in [1.29, 1.82) is 0 Å². The van der Waals surface area contributed by atoms with Crippen LogP contribution in [-0.2, 0) is 6.42 Å². The van der Waals surface area contributed by atoms with Crippen LogP contribution in [0.3, 0.4) is 0 Å². The van der Waals surface area contributed by atoms with Gasteiger partial charge in [0, 0.05) is 11.1 Å². The van der Waals surface area contributed by atoms with Gasteiger partial charge in [-0.3, -0.25) is 0 Å². The van der Waals surface area contributed by atoms with Crippen LogP contribution >= 0.6 is 11.6 Å². The van der Waals surface area contributed by atoms with Crippen LogP contribution in [0.4, 0.5) is 8.78 Å². The number of aryl methyl sites for hydroxylation is 1. The maximum absolute atomic E-state index is 13.4. The summed E-state index contributed by atoms with van der Waals surface area (Å²) in [6, 6.07) is 5.54. The van der Waals surface area contributed by atoms with Gasteiger partial charge < -0.3 is 4.42 Å². The molecule has 1 nitrogen and oxygen atoms in total. The molecule has 0 saturated heterocycles. The summed E-state index contributed by atoms with van der Waals surface area (Å²) in [7, 11) is 0. The van der Waals surface area contributed by atoms with Gasteiger partial charge in [0.05, 0.1) is 11.6 Å². The fraction of sp³-hybridized carbons (Fsp3) is 0.231. The molecule has 0 saturated carbocycles. The van der Waals surface area contributed by atoms with Crippen molar-refractivity contribution in [3.05, 3.63) is 59.1 Å². The zero-order valence-electron chi connectivity index (χ0n) is 9.21. The number of hydrogen-bond acceptors (Lipinski definition) is 1. The van der Waals surface area contributed by atoms with Gasteiger partial charge in [0.1, 0.15) is 17.4 Å². The Kier molecular flexibility index (Phi) is 3.48. The van der Waals surface area contributed by atoms with Crippen molar-refractivity contribution >= 4 is 11.6 Å². The van der Waals surface area contributed by atoms with Gasteiger partial charge in [-0.15, -0.1) is 11.6 Å². The Labute approximate surface area is 103 Å². The van der Waals surface area contributed by atoms with E-state index < -0.39 is 17.0 Å². The lowest BCUT2D eigenvalue weighted by Gasteiger charge is -2.08. The number of furan rings is 1. The molecule has 1 aromatic heterocycles. The lowest BCUT2D eigenvalue weighted by atomic mass is 10.0. The Morgan fingerprint density at radius 2 is 1.94 bits per heavy atom. The van der Waals surface area contributed by atoms with E-state index >= 15 is 0 Å². The summed E-state index contributed by atoms with van der Waals surface area (Å²) in [5.74, 6) is -0.425. The van der Waals surface area contributed by atoms with Crippen LogP contribution in [0.1, 0.15) is 22.3 Å². The molecular formula is C13H11ClF2O. The van der Waals surface area contributed by atoms with Crippen molar-refractivity contribution in [3.8, 4) is 0 Å². The van der Waals surface area contributed by atoms with Crippen molar-refractivity contribution in [2.75, 3.05) is 0 Å². The number of alkyl halides is 1. The molecular weight excluding hydrogens is 246 g/mol. The quantitative estimate of drug-likeness (QED) is 0.743. The topological polar surface area (TPSA) is 13.1 Å². The predicted octanol–water partition coefficient (Wildman–Crippen LogP) is 4.39. The molecule has 1 atom stereocenters. The molecule has 4 heteroatoms. The number of halogens is 3. The Hall–Kier alpha value is -1.35. The maximum Gasteiger partial charge on any atom is 0.129 e. The second-order valence-corrected chi connectivity index (χ2v) is 4.39. The van der Waals surface area contributed by atoms with E-state index in [4.69, 9.17) is 16.0 Å².